The van der Waals surface area contributed by atoms with Gasteiger partial charge in [0.1, 0.15) is 0 Å². The minimum absolute atomic E-state index is 0.160. The third kappa shape index (κ3) is 4.18. The molecule has 1 rings (SSSR count). The van der Waals surface area contributed by atoms with Crippen LogP contribution in [0.1, 0.15) is 53.9 Å². The molecule has 1 fully saturated rings. The van der Waals surface area contributed by atoms with Crippen molar-refractivity contribution in [1.82, 2.24) is 10.2 Å². The number of rotatable bonds is 7. The molecule has 1 heterocycles. The molecule has 0 amide bonds. The first-order valence-corrected chi connectivity index (χ1v) is 9.72. The number of piperazine rings is 1. The van der Waals surface area contributed by atoms with Crippen LogP contribution in [0.4, 0.5) is 0 Å². The van der Waals surface area contributed by atoms with Crippen molar-refractivity contribution in [3.05, 3.63) is 0 Å². The van der Waals surface area contributed by atoms with Crippen LogP contribution in [0.2, 0.25) is 0 Å². The zero-order valence-electron chi connectivity index (χ0n) is 13.8. The van der Waals surface area contributed by atoms with E-state index in [2.05, 4.69) is 31.0 Å². The number of sulfone groups is 1. The first-order chi connectivity index (χ1) is 9.30. The van der Waals surface area contributed by atoms with E-state index in [1.165, 1.54) is 0 Å². The fraction of sp³-hybridized carbons (Fsp3) is 1.00. The molecule has 1 aliphatic heterocycles. The minimum Gasteiger partial charge on any atom is -0.308 e. The molecule has 0 radical (unpaired) electrons. The zero-order chi connectivity index (χ0) is 15.4. The molecule has 1 atom stereocenters. The van der Waals surface area contributed by atoms with Gasteiger partial charge in [0.15, 0.2) is 9.84 Å². The molecular formula is C15H32N2O2S. The summed E-state index contributed by atoms with van der Waals surface area (Å²) in [4.78, 5) is 2.39. The van der Waals surface area contributed by atoms with E-state index in [9.17, 15) is 8.42 Å². The maximum absolute atomic E-state index is 12.0. The summed E-state index contributed by atoms with van der Waals surface area (Å²) in [6.45, 7) is 12.8. The van der Waals surface area contributed by atoms with Gasteiger partial charge in [0, 0.05) is 31.2 Å². The van der Waals surface area contributed by atoms with E-state index < -0.39 is 9.84 Å². The molecular weight excluding hydrogens is 272 g/mol. The Balaban J connectivity index is 2.73. The predicted molar refractivity (Wildman–Crippen MR) is 85.9 cm³/mol. The molecule has 1 aliphatic rings. The highest BCUT2D eigenvalue weighted by Gasteiger charge is 2.36. The molecule has 1 saturated heterocycles. The quantitative estimate of drug-likeness (QED) is 0.782. The van der Waals surface area contributed by atoms with E-state index in [1.54, 1.807) is 13.8 Å². The summed E-state index contributed by atoms with van der Waals surface area (Å²) in [5, 5.41) is 3.42. The maximum Gasteiger partial charge on any atom is 0.153 e. The van der Waals surface area contributed by atoms with Crippen LogP contribution in [-0.4, -0.2) is 55.5 Å². The number of hydrogen-bond donors (Lipinski definition) is 1. The third-order valence-corrected chi connectivity index (χ3v) is 7.13. The monoisotopic (exact) mass is 304 g/mol. The van der Waals surface area contributed by atoms with Crippen LogP contribution in [0.3, 0.4) is 0 Å². The van der Waals surface area contributed by atoms with Crippen LogP contribution in [0.5, 0.6) is 0 Å². The third-order valence-electron chi connectivity index (χ3n) is 4.94. The van der Waals surface area contributed by atoms with Gasteiger partial charge in [-0.3, -0.25) is 4.90 Å². The van der Waals surface area contributed by atoms with Crippen LogP contribution in [0, 0.1) is 0 Å². The van der Waals surface area contributed by atoms with Gasteiger partial charge in [-0.15, -0.1) is 0 Å². The molecule has 20 heavy (non-hydrogen) atoms. The molecule has 0 aliphatic carbocycles. The Labute approximate surface area is 125 Å². The summed E-state index contributed by atoms with van der Waals surface area (Å²) in [6, 6.07) is 0.462. The average molecular weight is 304 g/mol. The summed E-state index contributed by atoms with van der Waals surface area (Å²) in [7, 11) is -2.94. The van der Waals surface area contributed by atoms with Gasteiger partial charge in [0.2, 0.25) is 0 Å². The molecule has 1 unspecified atom stereocenters. The minimum atomic E-state index is -2.94. The van der Waals surface area contributed by atoms with Gasteiger partial charge in [-0.05, 0) is 33.1 Å². The van der Waals surface area contributed by atoms with E-state index in [4.69, 9.17) is 0 Å². The Morgan fingerprint density at radius 3 is 2.30 bits per heavy atom. The fourth-order valence-electron chi connectivity index (χ4n) is 2.91. The molecule has 5 heteroatoms. The van der Waals surface area contributed by atoms with Crippen LogP contribution in [-0.2, 0) is 9.84 Å². The van der Waals surface area contributed by atoms with Gasteiger partial charge in [-0.25, -0.2) is 8.42 Å². The molecule has 1 N–H and O–H groups in total. The van der Waals surface area contributed by atoms with E-state index in [1.807, 2.05) is 0 Å². The number of hydrogen-bond acceptors (Lipinski definition) is 4. The molecule has 0 aromatic heterocycles. The lowest BCUT2D eigenvalue weighted by atomic mass is 9.88. The van der Waals surface area contributed by atoms with Gasteiger partial charge in [0.05, 0.1) is 11.0 Å². The van der Waals surface area contributed by atoms with Gasteiger partial charge < -0.3 is 5.32 Å². The van der Waals surface area contributed by atoms with Gasteiger partial charge in [-0.1, -0.05) is 20.8 Å². The summed E-state index contributed by atoms with van der Waals surface area (Å²) in [6.07, 6.45) is 3.25. The SMILES string of the molecule is CCC1CNC(CC)(CC)CN1CCS(=O)(=O)C(C)C. The molecule has 0 bridgehead atoms. The molecule has 0 spiro atoms. The van der Waals surface area contributed by atoms with Gasteiger partial charge in [-0.2, -0.15) is 0 Å². The molecule has 120 valence electrons. The van der Waals surface area contributed by atoms with Crippen molar-refractivity contribution in [1.29, 1.82) is 0 Å². The van der Waals surface area contributed by atoms with E-state index >= 15 is 0 Å². The first kappa shape index (κ1) is 17.9. The van der Waals surface area contributed by atoms with Crippen molar-refractivity contribution < 1.29 is 8.42 Å². The summed E-state index contributed by atoms with van der Waals surface area (Å²) >= 11 is 0. The van der Waals surface area contributed by atoms with Crippen LogP contribution >= 0.6 is 0 Å². The van der Waals surface area contributed by atoms with Crippen LogP contribution in [0.25, 0.3) is 0 Å². The highest BCUT2D eigenvalue weighted by molar-refractivity contribution is 7.92. The zero-order valence-corrected chi connectivity index (χ0v) is 14.6. The second kappa shape index (κ2) is 7.23. The Bertz CT molecular complexity index is 389. The lowest BCUT2D eigenvalue weighted by Gasteiger charge is -2.47. The molecule has 0 saturated carbocycles. The summed E-state index contributed by atoms with van der Waals surface area (Å²) < 4.78 is 24.1. The summed E-state index contributed by atoms with van der Waals surface area (Å²) in [5.41, 5.74) is 0.160. The molecule has 0 aromatic carbocycles. The van der Waals surface area contributed by atoms with Crippen molar-refractivity contribution in [3.8, 4) is 0 Å². The van der Waals surface area contributed by atoms with Crippen molar-refractivity contribution in [2.45, 2.75) is 70.7 Å². The van der Waals surface area contributed by atoms with Crippen LogP contribution < -0.4 is 5.32 Å². The van der Waals surface area contributed by atoms with E-state index in [0.717, 1.165) is 32.4 Å². The smallest absolute Gasteiger partial charge is 0.153 e. The highest BCUT2D eigenvalue weighted by atomic mass is 32.2. The lowest BCUT2D eigenvalue weighted by Crippen LogP contribution is -2.64. The Morgan fingerprint density at radius 1 is 1.25 bits per heavy atom. The first-order valence-electron chi connectivity index (χ1n) is 8.01. The number of nitrogens with one attached hydrogen (secondary N) is 1. The van der Waals surface area contributed by atoms with Gasteiger partial charge in [0.25, 0.3) is 0 Å². The topological polar surface area (TPSA) is 49.4 Å². The molecule has 4 nitrogen and oxygen atoms in total. The fourth-order valence-corrected chi connectivity index (χ4v) is 3.87. The highest BCUT2D eigenvalue weighted by Crippen LogP contribution is 2.23. The standard InChI is InChI=1S/C15H32N2O2S/c1-6-14-11-16-15(7-2,8-3)12-17(14)9-10-20(18,19)13(4)5/h13-14,16H,6-12H2,1-5H3. The van der Waals surface area contributed by atoms with Crippen molar-refractivity contribution >= 4 is 9.84 Å². The Morgan fingerprint density at radius 2 is 1.85 bits per heavy atom. The van der Waals surface area contributed by atoms with Crippen LogP contribution in [0.15, 0.2) is 0 Å². The van der Waals surface area contributed by atoms with E-state index in [0.29, 0.717) is 12.6 Å². The average Bonchev–Trinajstić information content (AvgIpc) is 2.44. The molecule has 0 aromatic rings. The van der Waals surface area contributed by atoms with E-state index in [-0.39, 0.29) is 16.5 Å². The Kier molecular flexibility index (Phi) is 6.48. The maximum atomic E-state index is 12.0. The summed E-state index contributed by atoms with van der Waals surface area (Å²) in [5.74, 6) is 0.282. The van der Waals surface area contributed by atoms with Crippen molar-refractivity contribution in [2.24, 2.45) is 0 Å². The second-order valence-corrected chi connectivity index (χ2v) is 8.99. The normalized spacial score (nSPS) is 24.2. The predicted octanol–water partition coefficient (Wildman–Crippen LogP) is 2.05. The second-order valence-electron chi connectivity index (χ2n) is 6.32. The number of nitrogens with zero attached hydrogens (tertiary/aromatic N) is 1. The van der Waals surface area contributed by atoms with Crippen molar-refractivity contribution in [2.75, 3.05) is 25.4 Å². The lowest BCUT2D eigenvalue weighted by molar-refractivity contribution is 0.0760. The van der Waals surface area contributed by atoms with Crippen molar-refractivity contribution in [3.63, 3.8) is 0 Å². The van der Waals surface area contributed by atoms with Gasteiger partial charge >= 0.3 is 0 Å². The Hall–Kier alpha value is -0.130. The largest absolute Gasteiger partial charge is 0.308 e.